The Balaban J connectivity index is 5.02. The maximum absolute atomic E-state index is 11.7. The van der Waals surface area contributed by atoms with Crippen LogP contribution < -0.4 is 0 Å². The predicted molar refractivity (Wildman–Crippen MR) is 79.0 cm³/mol. The third kappa shape index (κ3) is 10.8. The lowest BCUT2D eigenvalue weighted by atomic mass is 10.2. The Hall–Kier alpha value is -0.490. The smallest absolute Gasteiger partial charge is 0.325 e. The van der Waals surface area contributed by atoms with Crippen LogP contribution in [0.5, 0.6) is 0 Å². The van der Waals surface area contributed by atoms with Gasteiger partial charge in [-0.25, -0.2) is 0 Å². The van der Waals surface area contributed by atoms with Gasteiger partial charge in [0.25, 0.3) is 0 Å². The minimum Gasteiger partial charge on any atom is -0.339 e. The monoisotopic (exact) mass is 343 g/mol. The number of rotatable bonds is 10. The third-order valence-electron chi connectivity index (χ3n) is 2.74. The Morgan fingerprint density at radius 2 is 1.67 bits per heavy atom. The molecule has 0 spiro atoms. The van der Waals surface area contributed by atoms with Crippen LogP contribution in [0.1, 0.15) is 19.8 Å². The first-order valence-electron chi connectivity index (χ1n) is 6.49. The van der Waals surface area contributed by atoms with Gasteiger partial charge in [-0.05, 0) is 18.4 Å². The topological polar surface area (TPSA) is 135 Å². The minimum atomic E-state index is -4.44. The first-order chi connectivity index (χ1) is 9.48. The first kappa shape index (κ1) is 20.5. The molecule has 0 aliphatic carbocycles. The number of nitrogens with zero attached hydrogens (tertiary/aromatic N) is 1. The summed E-state index contributed by atoms with van der Waals surface area (Å²) in [6.45, 7) is 5.49. The van der Waals surface area contributed by atoms with Crippen molar-refractivity contribution in [1.29, 1.82) is 0 Å². The van der Waals surface area contributed by atoms with Gasteiger partial charge in [0.2, 0.25) is 5.91 Å². The normalized spacial score (nSPS) is 12.5. The fraction of sp³-hybridized carbons (Fsp3) is 0.727. The summed E-state index contributed by atoms with van der Waals surface area (Å²) in [5.74, 6) is -1.41. The highest BCUT2D eigenvalue weighted by molar-refractivity contribution is 7.52. The van der Waals surface area contributed by atoms with E-state index in [1.165, 1.54) is 4.90 Å². The molecule has 0 heterocycles. The lowest BCUT2D eigenvalue weighted by molar-refractivity contribution is -0.126. The molecule has 0 fully saturated rings. The molecule has 0 atom stereocenters. The van der Waals surface area contributed by atoms with Crippen molar-refractivity contribution in [3.8, 4) is 0 Å². The van der Waals surface area contributed by atoms with E-state index in [2.05, 4.69) is 6.58 Å². The molecule has 0 aliphatic rings. The van der Waals surface area contributed by atoms with E-state index in [0.717, 1.165) is 12.5 Å². The highest BCUT2D eigenvalue weighted by Gasteiger charge is 2.30. The molecule has 0 radical (unpaired) electrons. The Morgan fingerprint density at radius 1 is 1.19 bits per heavy atom. The molecule has 0 saturated carbocycles. The molecule has 4 N–H and O–H groups in total. The molecule has 10 heteroatoms. The van der Waals surface area contributed by atoms with Crippen LogP contribution >= 0.6 is 15.2 Å². The number of amides is 1. The average Bonchev–Trinajstić information content (AvgIpc) is 2.29. The summed E-state index contributed by atoms with van der Waals surface area (Å²) in [6.07, 6.45) is 1.21. The van der Waals surface area contributed by atoms with Gasteiger partial charge in [-0.1, -0.05) is 19.9 Å². The molecule has 21 heavy (non-hydrogen) atoms. The molecule has 0 unspecified atom stereocenters. The van der Waals surface area contributed by atoms with E-state index in [1.54, 1.807) is 0 Å². The minimum absolute atomic E-state index is 0.124. The van der Waals surface area contributed by atoms with E-state index in [-0.39, 0.29) is 6.54 Å². The summed E-state index contributed by atoms with van der Waals surface area (Å²) in [4.78, 5) is 49.0. The lowest BCUT2D eigenvalue weighted by Crippen LogP contribution is -2.37. The molecule has 0 aromatic carbocycles. The number of carbonyl (C=O) groups is 1. The fourth-order valence-corrected chi connectivity index (χ4v) is 3.97. The van der Waals surface area contributed by atoms with E-state index in [4.69, 9.17) is 19.6 Å². The highest BCUT2D eigenvalue weighted by Crippen LogP contribution is 2.43. The number of carbonyl (C=O) groups excluding carboxylic acids is 1. The van der Waals surface area contributed by atoms with Gasteiger partial charge >= 0.3 is 15.2 Å². The van der Waals surface area contributed by atoms with Gasteiger partial charge in [-0.15, -0.1) is 0 Å². The molecular weight excluding hydrogens is 320 g/mol. The predicted octanol–water partition coefficient (Wildman–Crippen LogP) is 0.773. The molecule has 0 aliphatic heterocycles. The van der Waals surface area contributed by atoms with E-state index in [0.29, 0.717) is 13.0 Å². The molecule has 0 bridgehead atoms. The van der Waals surface area contributed by atoms with Crippen LogP contribution in [-0.4, -0.2) is 55.8 Å². The maximum atomic E-state index is 11.7. The molecule has 0 saturated heterocycles. The zero-order chi connectivity index (χ0) is 16.7. The summed E-state index contributed by atoms with van der Waals surface area (Å²) in [6, 6.07) is 0. The van der Waals surface area contributed by atoms with Gasteiger partial charge in [0, 0.05) is 13.1 Å². The van der Waals surface area contributed by atoms with Crippen LogP contribution in [0.2, 0.25) is 0 Å². The largest absolute Gasteiger partial charge is 0.339 e. The molecule has 0 aromatic rings. The number of unbranched alkanes of at least 4 members (excludes halogenated alkanes) is 1. The van der Waals surface area contributed by atoms with Crippen molar-refractivity contribution in [2.75, 3.05) is 25.4 Å². The van der Waals surface area contributed by atoms with E-state index >= 15 is 0 Å². The quantitative estimate of drug-likeness (QED) is 0.340. The van der Waals surface area contributed by atoms with Gasteiger partial charge in [0.15, 0.2) is 0 Å². The lowest BCUT2D eigenvalue weighted by Gasteiger charge is -2.27. The Labute approximate surface area is 124 Å². The average molecular weight is 343 g/mol. The SMILES string of the molecule is C=CC(=O)N(CCCC)CC(CP(=O)(O)O)CP(=O)(O)O. The van der Waals surface area contributed by atoms with E-state index in [9.17, 15) is 13.9 Å². The van der Waals surface area contributed by atoms with Crippen LogP contribution in [0.3, 0.4) is 0 Å². The van der Waals surface area contributed by atoms with Crippen LogP contribution in [0.25, 0.3) is 0 Å². The van der Waals surface area contributed by atoms with Crippen LogP contribution in [0.15, 0.2) is 12.7 Å². The zero-order valence-electron chi connectivity index (χ0n) is 12.0. The van der Waals surface area contributed by atoms with Crippen LogP contribution in [0.4, 0.5) is 0 Å². The summed E-state index contributed by atoms with van der Waals surface area (Å²) in [5.41, 5.74) is 0. The summed E-state index contributed by atoms with van der Waals surface area (Å²) in [7, 11) is -8.87. The van der Waals surface area contributed by atoms with Gasteiger partial charge in [0.1, 0.15) is 0 Å². The van der Waals surface area contributed by atoms with Crippen molar-refractivity contribution in [3.05, 3.63) is 12.7 Å². The first-order valence-corrected chi connectivity index (χ1v) is 10.1. The van der Waals surface area contributed by atoms with Crippen molar-refractivity contribution in [2.45, 2.75) is 19.8 Å². The van der Waals surface area contributed by atoms with Crippen molar-refractivity contribution in [1.82, 2.24) is 4.90 Å². The second-order valence-corrected chi connectivity index (χ2v) is 8.29. The molecule has 124 valence electrons. The Bertz CT molecular complexity index is 418. The molecule has 1 amide bonds. The number of hydrogen-bond acceptors (Lipinski definition) is 3. The maximum Gasteiger partial charge on any atom is 0.325 e. The van der Waals surface area contributed by atoms with Crippen molar-refractivity contribution < 1.29 is 33.5 Å². The Kier molecular flexibility index (Phi) is 8.63. The van der Waals surface area contributed by atoms with Gasteiger partial charge in [0.05, 0.1) is 12.3 Å². The van der Waals surface area contributed by atoms with Gasteiger partial charge in [-0.2, -0.15) is 0 Å². The van der Waals surface area contributed by atoms with E-state index in [1.807, 2.05) is 6.92 Å². The molecule has 8 nitrogen and oxygen atoms in total. The molecule has 0 rings (SSSR count). The zero-order valence-corrected chi connectivity index (χ0v) is 13.7. The van der Waals surface area contributed by atoms with Crippen molar-refractivity contribution in [2.24, 2.45) is 5.92 Å². The second kappa shape index (κ2) is 8.83. The molecular formula is C11H23NO7P2. The third-order valence-corrected chi connectivity index (χ3v) is 4.72. The highest BCUT2D eigenvalue weighted by atomic mass is 31.2. The molecule has 0 aromatic heterocycles. The summed E-state index contributed by atoms with van der Waals surface area (Å²) >= 11 is 0. The summed E-state index contributed by atoms with van der Waals surface area (Å²) < 4.78 is 22.2. The van der Waals surface area contributed by atoms with Gasteiger partial charge < -0.3 is 24.5 Å². The van der Waals surface area contributed by atoms with Crippen molar-refractivity contribution >= 4 is 21.1 Å². The van der Waals surface area contributed by atoms with Crippen LogP contribution in [0, 0.1) is 5.92 Å². The van der Waals surface area contributed by atoms with E-state index < -0.39 is 39.3 Å². The number of hydrogen-bond donors (Lipinski definition) is 4. The standard InChI is InChI=1S/C11H23NO7P2/c1-3-5-6-12(11(13)4-2)7-10(8-20(14,15)16)9-21(17,18)19/h4,10H,2-3,5-9H2,1H3,(H2,14,15,16)(H2,17,18,19). The summed E-state index contributed by atoms with van der Waals surface area (Å²) in [5, 5.41) is 0. The van der Waals surface area contributed by atoms with Crippen LogP contribution in [-0.2, 0) is 13.9 Å². The van der Waals surface area contributed by atoms with Crippen molar-refractivity contribution in [3.63, 3.8) is 0 Å². The fourth-order valence-electron chi connectivity index (χ4n) is 1.93. The van der Waals surface area contributed by atoms with Gasteiger partial charge in [-0.3, -0.25) is 13.9 Å². The Morgan fingerprint density at radius 3 is 2.00 bits per heavy atom. The second-order valence-electron chi connectivity index (χ2n) is 4.90.